The molecule has 0 spiro atoms. The Kier molecular flexibility index (Phi) is 5.50. The van der Waals surface area contributed by atoms with E-state index in [2.05, 4.69) is 34.1 Å². The van der Waals surface area contributed by atoms with Crippen LogP contribution in [0.1, 0.15) is 15.2 Å². The van der Waals surface area contributed by atoms with E-state index < -0.39 is 0 Å². The number of hydrogen-bond donors (Lipinski definition) is 0. The number of ketones is 1. The van der Waals surface area contributed by atoms with Gasteiger partial charge in [0.05, 0.1) is 5.69 Å². The molecule has 3 aromatic carbocycles. The predicted molar refractivity (Wildman–Crippen MR) is 128 cm³/mol. The van der Waals surface area contributed by atoms with Gasteiger partial charge in [0.25, 0.3) is 0 Å². The Morgan fingerprint density at radius 3 is 1.90 bits per heavy atom. The molecule has 5 heteroatoms. The first kappa shape index (κ1) is 19.5. The second-order valence-electron chi connectivity index (χ2n) is 7.54. The molecule has 5 rings (SSSR count). The Balaban J connectivity index is 1.44. The standard InChI is InChI=1S/C26H23N3OS/c30-24(21-12-6-2-7-13-21)25-23(20-10-4-1-5-11-20)27-26(31-25)29-18-16-28(17-19-29)22-14-8-3-9-15-22/h1-15H,16-19H2. The molecule has 0 amide bonds. The molecule has 0 unspecified atom stereocenters. The van der Waals surface area contributed by atoms with Crippen LogP contribution in [0.25, 0.3) is 11.3 Å². The van der Waals surface area contributed by atoms with E-state index in [4.69, 9.17) is 4.98 Å². The molecule has 0 bridgehead atoms. The van der Waals surface area contributed by atoms with Gasteiger partial charge in [0.2, 0.25) is 5.78 Å². The minimum atomic E-state index is 0.0334. The van der Waals surface area contributed by atoms with Gasteiger partial charge in [0.1, 0.15) is 4.88 Å². The van der Waals surface area contributed by atoms with Gasteiger partial charge >= 0.3 is 0 Å². The molecule has 2 heterocycles. The lowest BCUT2D eigenvalue weighted by molar-refractivity contribution is 0.104. The van der Waals surface area contributed by atoms with Crippen molar-refractivity contribution >= 4 is 27.9 Å². The van der Waals surface area contributed by atoms with E-state index in [1.807, 2.05) is 66.7 Å². The van der Waals surface area contributed by atoms with Crippen molar-refractivity contribution in [3.05, 3.63) is 101 Å². The van der Waals surface area contributed by atoms with Crippen LogP contribution in [0.5, 0.6) is 0 Å². The van der Waals surface area contributed by atoms with Crippen LogP contribution in [0.4, 0.5) is 10.8 Å². The maximum atomic E-state index is 13.3. The highest BCUT2D eigenvalue weighted by Crippen LogP contribution is 2.35. The van der Waals surface area contributed by atoms with Gasteiger partial charge in [0, 0.05) is 43.0 Å². The summed E-state index contributed by atoms with van der Waals surface area (Å²) in [5.41, 5.74) is 3.71. The smallest absolute Gasteiger partial charge is 0.205 e. The lowest BCUT2D eigenvalue weighted by Crippen LogP contribution is -2.46. The fraction of sp³-hybridized carbons (Fsp3) is 0.154. The summed E-state index contributed by atoms with van der Waals surface area (Å²) in [5.74, 6) is 0.0334. The van der Waals surface area contributed by atoms with Gasteiger partial charge in [-0.15, -0.1) is 0 Å². The Morgan fingerprint density at radius 1 is 0.710 bits per heavy atom. The van der Waals surface area contributed by atoms with E-state index in [0.29, 0.717) is 10.4 Å². The third kappa shape index (κ3) is 4.09. The van der Waals surface area contributed by atoms with E-state index in [9.17, 15) is 4.79 Å². The third-order valence-corrected chi connectivity index (χ3v) is 6.69. The first-order chi connectivity index (χ1) is 15.3. The highest BCUT2D eigenvalue weighted by Gasteiger charge is 2.25. The summed E-state index contributed by atoms with van der Waals surface area (Å²) in [5, 5.41) is 0.922. The molecule has 0 radical (unpaired) electrons. The maximum absolute atomic E-state index is 13.3. The molecule has 1 aromatic heterocycles. The molecule has 0 saturated carbocycles. The minimum Gasteiger partial charge on any atom is -0.368 e. The van der Waals surface area contributed by atoms with E-state index in [1.165, 1.54) is 17.0 Å². The lowest BCUT2D eigenvalue weighted by Gasteiger charge is -2.36. The Morgan fingerprint density at radius 2 is 1.26 bits per heavy atom. The van der Waals surface area contributed by atoms with Gasteiger partial charge in [0.15, 0.2) is 5.13 Å². The summed E-state index contributed by atoms with van der Waals surface area (Å²) in [6.07, 6.45) is 0. The molecule has 1 fully saturated rings. The molecule has 154 valence electrons. The SMILES string of the molecule is O=C(c1ccccc1)c1sc(N2CCN(c3ccccc3)CC2)nc1-c1ccccc1. The first-order valence-corrected chi connectivity index (χ1v) is 11.3. The summed E-state index contributed by atoms with van der Waals surface area (Å²) < 4.78 is 0. The number of carbonyl (C=O) groups is 1. The van der Waals surface area contributed by atoms with Crippen LogP contribution >= 0.6 is 11.3 Å². The zero-order valence-electron chi connectivity index (χ0n) is 17.1. The zero-order valence-corrected chi connectivity index (χ0v) is 18.0. The number of para-hydroxylation sites is 1. The zero-order chi connectivity index (χ0) is 21.0. The number of aromatic nitrogens is 1. The summed E-state index contributed by atoms with van der Waals surface area (Å²) in [4.78, 5) is 23.7. The molecule has 4 aromatic rings. The predicted octanol–water partition coefficient (Wildman–Crippen LogP) is 5.37. The highest BCUT2D eigenvalue weighted by molar-refractivity contribution is 7.18. The van der Waals surface area contributed by atoms with Crippen molar-refractivity contribution in [3.8, 4) is 11.3 Å². The van der Waals surface area contributed by atoms with Crippen LogP contribution in [0, 0.1) is 0 Å². The Hall–Kier alpha value is -3.44. The second kappa shape index (κ2) is 8.74. The van der Waals surface area contributed by atoms with Crippen molar-refractivity contribution in [1.82, 2.24) is 4.98 Å². The Labute approximate surface area is 186 Å². The summed E-state index contributed by atoms with van der Waals surface area (Å²) in [6.45, 7) is 3.64. The number of hydrogen-bond acceptors (Lipinski definition) is 5. The molecule has 1 saturated heterocycles. The fourth-order valence-electron chi connectivity index (χ4n) is 3.91. The number of rotatable bonds is 5. The second-order valence-corrected chi connectivity index (χ2v) is 8.52. The molecule has 31 heavy (non-hydrogen) atoms. The normalized spacial score (nSPS) is 13.9. The van der Waals surface area contributed by atoms with Crippen LogP contribution in [-0.2, 0) is 0 Å². The highest BCUT2D eigenvalue weighted by atomic mass is 32.1. The summed E-state index contributed by atoms with van der Waals surface area (Å²) in [7, 11) is 0. The van der Waals surface area contributed by atoms with Crippen LogP contribution in [0.2, 0.25) is 0 Å². The van der Waals surface area contributed by atoms with Crippen molar-refractivity contribution in [3.63, 3.8) is 0 Å². The number of carbonyl (C=O) groups excluding carboxylic acids is 1. The molecule has 1 aliphatic heterocycles. The van der Waals surface area contributed by atoms with Crippen LogP contribution in [0.3, 0.4) is 0 Å². The molecular weight excluding hydrogens is 402 g/mol. The van der Waals surface area contributed by atoms with Crippen molar-refractivity contribution in [2.75, 3.05) is 36.0 Å². The van der Waals surface area contributed by atoms with Crippen molar-refractivity contribution < 1.29 is 4.79 Å². The van der Waals surface area contributed by atoms with Crippen molar-refractivity contribution in [2.24, 2.45) is 0 Å². The topological polar surface area (TPSA) is 36.4 Å². The average molecular weight is 426 g/mol. The van der Waals surface area contributed by atoms with Crippen LogP contribution in [0.15, 0.2) is 91.0 Å². The number of benzene rings is 3. The summed E-state index contributed by atoms with van der Waals surface area (Å²) >= 11 is 1.51. The minimum absolute atomic E-state index is 0.0334. The van der Waals surface area contributed by atoms with Gasteiger partial charge in [-0.2, -0.15) is 0 Å². The number of thiazole rings is 1. The third-order valence-electron chi connectivity index (χ3n) is 5.58. The molecule has 0 aliphatic carbocycles. The van der Waals surface area contributed by atoms with E-state index >= 15 is 0 Å². The lowest BCUT2D eigenvalue weighted by atomic mass is 10.1. The van der Waals surface area contributed by atoms with Crippen molar-refractivity contribution in [2.45, 2.75) is 0 Å². The van der Waals surface area contributed by atoms with Crippen molar-refractivity contribution in [1.29, 1.82) is 0 Å². The van der Waals surface area contributed by atoms with Crippen LogP contribution < -0.4 is 9.80 Å². The van der Waals surface area contributed by atoms with E-state index in [-0.39, 0.29) is 5.78 Å². The summed E-state index contributed by atoms with van der Waals surface area (Å²) in [6, 6.07) is 30.0. The molecule has 0 N–H and O–H groups in total. The van der Waals surface area contributed by atoms with Gasteiger partial charge in [-0.25, -0.2) is 4.98 Å². The van der Waals surface area contributed by atoms with Gasteiger partial charge in [-0.3, -0.25) is 4.79 Å². The van der Waals surface area contributed by atoms with Crippen LogP contribution in [-0.4, -0.2) is 36.9 Å². The quantitative estimate of drug-likeness (QED) is 0.403. The van der Waals surface area contributed by atoms with E-state index in [1.54, 1.807) is 0 Å². The largest absolute Gasteiger partial charge is 0.368 e. The van der Waals surface area contributed by atoms with E-state index in [0.717, 1.165) is 42.6 Å². The molecular formula is C26H23N3OS. The molecule has 4 nitrogen and oxygen atoms in total. The van der Waals surface area contributed by atoms with Gasteiger partial charge in [-0.05, 0) is 12.1 Å². The maximum Gasteiger partial charge on any atom is 0.205 e. The number of nitrogens with zero attached hydrogens (tertiary/aromatic N) is 3. The number of piperazine rings is 1. The fourth-order valence-corrected chi connectivity index (χ4v) is 5.01. The molecule has 1 aliphatic rings. The Bertz CT molecular complexity index is 1150. The molecule has 0 atom stereocenters. The first-order valence-electron chi connectivity index (χ1n) is 10.5. The number of anilines is 2. The average Bonchev–Trinajstić information content (AvgIpc) is 3.31. The van der Waals surface area contributed by atoms with Gasteiger partial charge in [-0.1, -0.05) is 90.2 Å². The van der Waals surface area contributed by atoms with Gasteiger partial charge < -0.3 is 9.80 Å². The monoisotopic (exact) mass is 425 g/mol.